The second kappa shape index (κ2) is 3.44. The number of fused-ring (bicyclic) bond motifs is 1. The largest absolute Gasteiger partial charge is 0.358 e. The molecule has 0 bridgehead atoms. The lowest BCUT2D eigenvalue weighted by Crippen LogP contribution is -2.21. The quantitative estimate of drug-likeness (QED) is 0.500. The van der Waals surface area contributed by atoms with E-state index in [4.69, 9.17) is 0 Å². The normalized spacial score (nSPS) is 14.4. The molecule has 0 fully saturated rings. The minimum absolute atomic E-state index is 0.333. The Morgan fingerprint density at radius 3 is 2.69 bits per heavy atom. The summed E-state index contributed by atoms with van der Waals surface area (Å²) in [4.78, 5) is 24.4. The lowest BCUT2D eigenvalue weighted by molar-refractivity contribution is -0.352. The summed E-state index contributed by atoms with van der Waals surface area (Å²) in [6.45, 7) is 0. The number of ketones is 1. The Balaban J connectivity index is 2.66. The van der Waals surface area contributed by atoms with Crippen molar-refractivity contribution in [1.29, 1.82) is 0 Å². The predicted molar refractivity (Wildman–Crippen MR) is 49.4 cm³/mol. The predicted octanol–water partition coefficient (Wildman–Crippen LogP) is 1.86. The Morgan fingerprint density at radius 1 is 1.38 bits per heavy atom. The highest BCUT2D eigenvalue weighted by molar-refractivity contribution is 6.13. The fourth-order valence-corrected chi connectivity index (χ4v) is 1.44. The molecule has 0 aromatic heterocycles. The van der Waals surface area contributed by atoms with Crippen LogP contribution in [0.2, 0.25) is 0 Å². The van der Waals surface area contributed by atoms with Gasteiger partial charge in [0.15, 0.2) is 11.5 Å². The highest BCUT2D eigenvalue weighted by Crippen LogP contribution is 2.29. The summed E-state index contributed by atoms with van der Waals surface area (Å²) in [5.74, 6) is -3.36. The first kappa shape index (κ1) is 10.3. The summed E-state index contributed by atoms with van der Waals surface area (Å²) in [6.07, 6.45) is -0.581. The van der Waals surface area contributed by atoms with Gasteiger partial charge in [-0.25, -0.2) is 8.78 Å². The van der Waals surface area contributed by atoms with E-state index in [-0.39, 0.29) is 5.69 Å². The standard InChI is InChI=1S/C9H4F2N2O3/c10-4-1-5(11)9-6(2-4)12-8(13(15)16)3-7(9)14/h1-2H,3H2. The molecule has 1 aliphatic heterocycles. The monoisotopic (exact) mass is 226 g/mol. The van der Waals surface area contributed by atoms with Crippen molar-refractivity contribution in [1.82, 2.24) is 0 Å². The Hall–Kier alpha value is -2.18. The molecular formula is C9H4F2N2O3. The SMILES string of the molecule is O=C1CC([N+](=O)[O-])=Nc2cc(F)cc(F)c21. The fourth-order valence-electron chi connectivity index (χ4n) is 1.44. The molecule has 0 aliphatic carbocycles. The van der Waals surface area contributed by atoms with Crippen LogP contribution in [0.15, 0.2) is 17.1 Å². The molecule has 0 saturated carbocycles. The number of halogens is 2. The van der Waals surface area contributed by atoms with E-state index in [2.05, 4.69) is 4.99 Å². The van der Waals surface area contributed by atoms with Gasteiger partial charge in [-0.05, 0) is 9.92 Å². The van der Waals surface area contributed by atoms with Gasteiger partial charge in [-0.1, -0.05) is 0 Å². The van der Waals surface area contributed by atoms with Crippen molar-refractivity contribution < 1.29 is 18.5 Å². The van der Waals surface area contributed by atoms with E-state index in [0.29, 0.717) is 6.07 Å². The third-order valence-corrected chi connectivity index (χ3v) is 2.09. The number of nitrogens with zero attached hydrogens (tertiary/aromatic N) is 2. The summed E-state index contributed by atoms with van der Waals surface area (Å²) in [5, 5.41) is 10.4. The molecule has 0 unspecified atom stereocenters. The van der Waals surface area contributed by atoms with Gasteiger partial charge in [0.05, 0.1) is 0 Å². The van der Waals surface area contributed by atoms with Crippen LogP contribution in [0.25, 0.3) is 0 Å². The van der Waals surface area contributed by atoms with Gasteiger partial charge in [0.1, 0.15) is 23.6 Å². The lowest BCUT2D eigenvalue weighted by atomic mass is 10.0. The zero-order chi connectivity index (χ0) is 11.9. The highest BCUT2D eigenvalue weighted by Gasteiger charge is 2.32. The number of benzene rings is 1. The molecule has 0 N–H and O–H groups in total. The summed E-state index contributed by atoms with van der Waals surface area (Å²) in [5.41, 5.74) is -0.729. The molecule has 0 saturated heterocycles. The molecule has 5 nitrogen and oxygen atoms in total. The average Bonchev–Trinajstić information content (AvgIpc) is 2.15. The second-order valence-electron chi connectivity index (χ2n) is 3.17. The minimum Gasteiger partial charge on any atom is -0.358 e. The van der Waals surface area contributed by atoms with E-state index in [1.54, 1.807) is 0 Å². The number of carbonyl (C=O) groups is 1. The van der Waals surface area contributed by atoms with Crippen LogP contribution in [-0.4, -0.2) is 16.5 Å². The molecule has 16 heavy (non-hydrogen) atoms. The van der Waals surface area contributed by atoms with Crippen LogP contribution < -0.4 is 0 Å². The fraction of sp³-hybridized carbons (Fsp3) is 0.111. The first-order valence-corrected chi connectivity index (χ1v) is 4.23. The van der Waals surface area contributed by atoms with Gasteiger partial charge < -0.3 is 10.1 Å². The van der Waals surface area contributed by atoms with Crippen molar-refractivity contribution in [3.05, 3.63) is 39.4 Å². The van der Waals surface area contributed by atoms with Crippen molar-refractivity contribution in [2.75, 3.05) is 0 Å². The highest BCUT2D eigenvalue weighted by atomic mass is 19.1. The molecule has 0 amide bonds. The Bertz CT molecular complexity index is 540. The molecule has 82 valence electrons. The van der Waals surface area contributed by atoms with E-state index >= 15 is 0 Å². The molecule has 2 rings (SSSR count). The van der Waals surface area contributed by atoms with E-state index in [1.807, 2.05) is 0 Å². The smallest absolute Gasteiger partial charge is 0.347 e. The number of rotatable bonds is 0. The molecular weight excluding hydrogens is 222 g/mol. The molecule has 1 aliphatic rings. The number of hydrogen-bond donors (Lipinski definition) is 0. The zero-order valence-electron chi connectivity index (χ0n) is 7.74. The first-order valence-electron chi connectivity index (χ1n) is 4.23. The number of hydrogen-bond acceptors (Lipinski definition) is 4. The van der Waals surface area contributed by atoms with Gasteiger partial charge in [0.25, 0.3) is 0 Å². The molecule has 0 atom stereocenters. The van der Waals surface area contributed by atoms with Gasteiger partial charge in [0, 0.05) is 12.1 Å². The zero-order valence-corrected chi connectivity index (χ0v) is 7.74. The molecule has 0 spiro atoms. The van der Waals surface area contributed by atoms with Crippen LogP contribution >= 0.6 is 0 Å². The van der Waals surface area contributed by atoms with Crippen LogP contribution in [0.4, 0.5) is 14.5 Å². The van der Waals surface area contributed by atoms with Crippen LogP contribution in [0, 0.1) is 21.7 Å². The van der Waals surface area contributed by atoms with E-state index in [9.17, 15) is 23.7 Å². The third-order valence-electron chi connectivity index (χ3n) is 2.09. The Labute approximate surface area is 87.6 Å². The number of Topliss-reactive ketones (excluding diaryl/α,β-unsaturated/α-hetero) is 1. The maximum absolute atomic E-state index is 13.2. The molecule has 1 heterocycles. The van der Waals surface area contributed by atoms with Crippen molar-refractivity contribution in [2.45, 2.75) is 6.42 Å². The van der Waals surface area contributed by atoms with Crippen LogP contribution in [0.3, 0.4) is 0 Å². The molecule has 7 heteroatoms. The van der Waals surface area contributed by atoms with E-state index < -0.39 is 40.2 Å². The van der Waals surface area contributed by atoms with E-state index in [1.165, 1.54) is 0 Å². The first-order chi connectivity index (χ1) is 7.49. The summed E-state index contributed by atoms with van der Waals surface area (Å²) >= 11 is 0. The third kappa shape index (κ3) is 1.56. The number of aliphatic imine (C=N–C) groups is 1. The Morgan fingerprint density at radius 2 is 2.06 bits per heavy atom. The summed E-state index contributed by atoms with van der Waals surface area (Å²) in [7, 11) is 0. The van der Waals surface area contributed by atoms with Crippen LogP contribution in [0.5, 0.6) is 0 Å². The average molecular weight is 226 g/mol. The summed E-state index contributed by atoms with van der Waals surface area (Å²) in [6, 6.07) is 1.34. The van der Waals surface area contributed by atoms with Crippen molar-refractivity contribution in [2.24, 2.45) is 4.99 Å². The minimum atomic E-state index is -1.05. The van der Waals surface area contributed by atoms with Gasteiger partial charge in [-0.3, -0.25) is 4.79 Å². The van der Waals surface area contributed by atoms with Gasteiger partial charge >= 0.3 is 5.84 Å². The Kier molecular flexibility index (Phi) is 2.22. The molecule has 0 radical (unpaired) electrons. The van der Waals surface area contributed by atoms with Gasteiger partial charge in [0.2, 0.25) is 0 Å². The number of carbonyl (C=O) groups excluding carboxylic acids is 1. The van der Waals surface area contributed by atoms with Crippen molar-refractivity contribution in [3.63, 3.8) is 0 Å². The molecule has 1 aromatic rings. The van der Waals surface area contributed by atoms with E-state index in [0.717, 1.165) is 6.07 Å². The maximum Gasteiger partial charge on any atom is 0.347 e. The number of nitro groups is 1. The summed E-state index contributed by atoms with van der Waals surface area (Å²) < 4.78 is 26.0. The van der Waals surface area contributed by atoms with Gasteiger partial charge in [-0.15, -0.1) is 0 Å². The second-order valence-corrected chi connectivity index (χ2v) is 3.17. The van der Waals surface area contributed by atoms with Crippen molar-refractivity contribution >= 4 is 17.3 Å². The van der Waals surface area contributed by atoms with Crippen molar-refractivity contribution in [3.8, 4) is 0 Å². The number of amidine groups is 1. The van der Waals surface area contributed by atoms with Crippen LogP contribution in [-0.2, 0) is 0 Å². The maximum atomic E-state index is 13.2. The van der Waals surface area contributed by atoms with Gasteiger partial charge in [-0.2, -0.15) is 0 Å². The topological polar surface area (TPSA) is 72.6 Å². The lowest BCUT2D eigenvalue weighted by Gasteiger charge is -2.07. The molecule has 1 aromatic carbocycles. The van der Waals surface area contributed by atoms with Crippen LogP contribution in [0.1, 0.15) is 16.8 Å².